The number of hydrogen-bond donors (Lipinski definition) is 1. The maximum atomic E-state index is 14.3. The number of hydrazine groups is 1. The first-order chi connectivity index (χ1) is 12.3. The van der Waals surface area contributed by atoms with E-state index in [1.807, 2.05) is 51.1 Å². The molecule has 1 fully saturated rings. The van der Waals surface area contributed by atoms with Gasteiger partial charge in [0.1, 0.15) is 0 Å². The Kier molecular flexibility index (Phi) is 4.54. The van der Waals surface area contributed by atoms with Gasteiger partial charge in [-0.3, -0.25) is 10.2 Å². The fourth-order valence-electron chi connectivity index (χ4n) is 3.81. The number of nitrogens with one attached hydrogen (secondary N) is 1. The van der Waals surface area contributed by atoms with Gasteiger partial charge in [0.15, 0.2) is 6.04 Å². The van der Waals surface area contributed by atoms with E-state index in [-0.39, 0.29) is 12.0 Å². The van der Waals surface area contributed by atoms with Crippen LogP contribution in [0.2, 0.25) is 0 Å². The maximum absolute atomic E-state index is 14.3. The topological polar surface area (TPSA) is 32.3 Å². The van der Waals surface area contributed by atoms with Gasteiger partial charge in [-0.1, -0.05) is 51.1 Å². The highest BCUT2D eigenvalue weighted by Crippen LogP contribution is 2.46. The van der Waals surface area contributed by atoms with Gasteiger partial charge in [0.2, 0.25) is 5.91 Å². The predicted octanol–water partition coefficient (Wildman–Crippen LogP) is 5.26. The van der Waals surface area contributed by atoms with Crippen LogP contribution in [0.1, 0.15) is 58.2 Å². The quantitative estimate of drug-likeness (QED) is 0.773. The molecule has 146 valence electrons. The lowest BCUT2D eigenvalue weighted by molar-refractivity contribution is -0.204. The third kappa shape index (κ3) is 3.68. The first-order valence-electron chi connectivity index (χ1n) is 8.99. The molecule has 0 radical (unpaired) electrons. The summed E-state index contributed by atoms with van der Waals surface area (Å²) in [5.41, 5.74) is 1.82. The lowest BCUT2D eigenvalue weighted by Crippen LogP contribution is -2.52. The van der Waals surface area contributed by atoms with Crippen molar-refractivity contribution in [3.05, 3.63) is 47.5 Å². The zero-order valence-electron chi connectivity index (χ0n) is 16.2. The molecule has 1 saturated heterocycles. The molecular formula is C21H25F3N2O. The number of alkyl halides is 3. The van der Waals surface area contributed by atoms with Crippen LogP contribution in [0.25, 0.3) is 10.8 Å². The zero-order valence-corrected chi connectivity index (χ0v) is 16.2. The Hall–Kier alpha value is -2.08. The van der Waals surface area contributed by atoms with Gasteiger partial charge < -0.3 is 0 Å². The molecule has 1 aliphatic heterocycles. The minimum absolute atomic E-state index is 0.0258. The van der Waals surface area contributed by atoms with Crippen molar-refractivity contribution < 1.29 is 18.0 Å². The summed E-state index contributed by atoms with van der Waals surface area (Å²) in [5.74, 6) is -0.396. The second-order valence-electron chi connectivity index (χ2n) is 8.87. The van der Waals surface area contributed by atoms with E-state index in [1.165, 1.54) is 0 Å². The van der Waals surface area contributed by atoms with Crippen LogP contribution in [0.4, 0.5) is 13.2 Å². The number of hydrogen-bond acceptors (Lipinski definition) is 2. The van der Waals surface area contributed by atoms with Crippen LogP contribution >= 0.6 is 0 Å². The Morgan fingerprint density at radius 3 is 2.07 bits per heavy atom. The summed E-state index contributed by atoms with van der Waals surface area (Å²) in [7, 11) is 0. The number of carbonyl (C=O) groups excluding carboxylic acids is 1. The summed E-state index contributed by atoms with van der Waals surface area (Å²) in [6.07, 6.45) is -4.52. The van der Waals surface area contributed by atoms with Crippen LogP contribution in [-0.2, 0) is 10.2 Å². The summed E-state index contributed by atoms with van der Waals surface area (Å²) in [6.45, 7) is 9.02. The van der Waals surface area contributed by atoms with E-state index in [1.54, 1.807) is 19.9 Å². The minimum Gasteiger partial charge on any atom is -0.287 e. The Balaban J connectivity index is 2.29. The number of carbonyl (C=O) groups is 1. The molecule has 0 unspecified atom stereocenters. The van der Waals surface area contributed by atoms with Gasteiger partial charge in [0.25, 0.3) is 0 Å². The standard InChI is InChI=1S/C21H25F3N2O/c1-19(2,3)16-11-14-9-7-6-8-13(14)10-15(16)18(21(22,23)24)26-20(4,5)12-17(27)25-26/h6-11,18H,12H2,1-5H3,(H,25,27)/t18-/m0/s1. The summed E-state index contributed by atoms with van der Waals surface area (Å²) < 4.78 is 42.9. The van der Waals surface area contributed by atoms with E-state index in [4.69, 9.17) is 0 Å². The molecule has 2 aromatic carbocycles. The predicted molar refractivity (Wildman–Crippen MR) is 100 cm³/mol. The normalized spacial score (nSPS) is 19.3. The average molecular weight is 378 g/mol. The van der Waals surface area contributed by atoms with Crippen molar-refractivity contribution in [1.29, 1.82) is 0 Å². The molecule has 1 atom stereocenters. The molecule has 1 aliphatic rings. The van der Waals surface area contributed by atoms with Crippen LogP contribution < -0.4 is 5.43 Å². The van der Waals surface area contributed by atoms with Crippen molar-refractivity contribution in [1.82, 2.24) is 10.4 Å². The number of rotatable bonds is 2. The monoisotopic (exact) mass is 378 g/mol. The Morgan fingerprint density at radius 2 is 1.63 bits per heavy atom. The van der Waals surface area contributed by atoms with Crippen molar-refractivity contribution >= 4 is 16.7 Å². The Labute approximate surface area is 157 Å². The second kappa shape index (κ2) is 6.23. The molecular weight excluding hydrogens is 353 g/mol. The van der Waals surface area contributed by atoms with E-state index in [9.17, 15) is 18.0 Å². The van der Waals surface area contributed by atoms with Gasteiger partial charge in [-0.15, -0.1) is 0 Å². The third-order valence-electron chi connectivity index (χ3n) is 5.08. The fourth-order valence-corrected chi connectivity index (χ4v) is 3.81. The van der Waals surface area contributed by atoms with Crippen molar-refractivity contribution in [3.8, 4) is 0 Å². The highest BCUT2D eigenvalue weighted by Gasteiger charge is 2.54. The zero-order chi connectivity index (χ0) is 20.2. The smallest absolute Gasteiger partial charge is 0.287 e. The molecule has 3 nitrogen and oxygen atoms in total. The largest absolute Gasteiger partial charge is 0.409 e. The Morgan fingerprint density at radius 1 is 1.07 bits per heavy atom. The van der Waals surface area contributed by atoms with E-state index in [2.05, 4.69) is 5.43 Å². The van der Waals surface area contributed by atoms with Crippen LogP contribution in [0.3, 0.4) is 0 Å². The fraction of sp³-hybridized carbons (Fsp3) is 0.476. The van der Waals surface area contributed by atoms with Crippen LogP contribution in [-0.4, -0.2) is 22.6 Å². The number of benzene rings is 2. The van der Waals surface area contributed by atoms with Crippen molar-refractivity contribution in [2.45, 2.75) is 64.2 Å². The lowest BCUT2D eigenvalue weighted by atomic mass is 9.79. The van der Waals surface area contributed by atoms with E-state index >= 15 is 0 Å². The van der Waals surface area contributed by atoms with E-state index < -0.39 is 29.1 Å². The van der Waals surface area contributed by atoms with Gasteiger partial charge >= 0.3 is 6.18 Å². The first kappa shape index (κ1) is 19.7. The van der Waals surface area contributed by atoms with Crippen LogP contribution in [0.5, 0.6) is 0 Å². The number of halogens is 3. The molecule has 1 N–H and O–H groups in total. The van der Waals surface area contributed by atoms with Crippen molar-refractivity contribution in [2.24, 2.45) is 0 Å². The molecule has 0 bridgehead atoms. The maximum Gasteiger partial charge on any atom is 0.409 e. The van der Waals surface area contributed by atoms with Crippen molar-refractivity contribution in [3.63, 3.8) is 0 Å². The summed E-state index contributed by atoms with van der Waals surface area (Å²) >= 11 is 0. The van der Waals surface area contributed by atoms with E-state index in [0.29, 0.717) is 5.56 Å². The highest BCUT2D eigenvalue weighted by molar-refractivity contribution is 5.85. The molecule has 3 rings (SSSR count). The molecule has 1 heterocycles. The molecule has 27 heavy (non-hydrogen) atoms. The van der Waals surface area contributed by atoms with Crippen LogP contribution in [0.15, 0.2) is 36.4 Å². The second-order valence-corrected chi connectivity index (χ2v) is 8.87. The molecule has 0 aliphatic carbocycles. The van der Waals surface area contributed by atoms with E-state index in [0.717, 1.165) is 15.8 Å². The molecule has 0 spiro atoms. The summed E-state index contributed by atoms with van der Waals surface area (Å²) in [6, 6.07) is 8.94. The van der Waals surface area contributed by atoms with Crippen LogP contribution in [0, 0.1) is 0 Å². The number of nitrogens with zero attached hydrogens (tertiary/aromatic N) is 1. The lowest BCUT2D eigenvalue weighted by Gasteiger charge is -2.40. The average Bonchev–Trinajstić information content (AvgIpc) is 2.77. The first-order valence-corrected chi connectivity index (χ1v) is 8.99. The van der Waals surface area contributed by atoms with Crippen molar-refractivity contribution in [2.75, 3.05) is 0 Å². The molecule has 6 heteroatoms. The summed E-state index contributed by atoms with van der Waals surface area (Å²) in [4.78, 5) is 11.9. The van der Waals surface area contributed by atoms with Gasteiger partial charge in [-0.25, -0.2) is 0 Å². The summed E-state index contributed by atoms with van der Waals surface area (Å²) in [5, 5.41) is 2.73. The highest BCUT2D eigenvalue weighted by atomic mass is 19.4. The number of fused-ring (bicyclic) bond motifs is 1. The third-order valence-corrected chi connectivity index (χ3v) is 5.08. The molecule has 0 aromatic heterocycles. The van der Waals surface area contributed by atoms with Gasteiger partial charge in [0, 0.05) is 12.0 Å². The Bertz CT molecular complexity index is 881. The molecule has 0 saturated carbocycles. The van der Waals surface area contributed by atoms with Gasteiger partial charge in [-0.05, 0) is 47.2 Å². The molecule has 1 amide bonds. The van der Waals surface area contributed by atoms with Gasteiger partial charge in [-0.2, -0.15) is 18.2 Å². The van der Waals surface area contributed by atoms with Gasteiger partial charge in [0.05, 0.1) is 0 Å². The molecule has 2 aromatic rings. The SMILES string of the molecule is CC(C)(C)c1cc2ccccc2cc1[C@H](N1NC(=O)CC1(C)C)C(F)(F)F. The number of amides is 1. The minimum atomic E-state index is -4.54.